The molecule has 1 aliphatic rings. The quantitative estimate of drug-likeness (QED) is 0.536. The van der Waals surface area contributed by atoms with Crippen molar-refractivity contribution in [2.45, 2.75) is 13.0 Å². The molecule has 6 nitrogen and oxygen atoms in total. The number of nitrogens with one attached hydrogen (secondary N) is 2. The number of fused-ring (bicyclic) bond motifs is 1. The number of rotatable bonds is 5. The molecule has 0 bridgehead atoms. The first-order chi connectivity index (χ1) is 9.83. The van der Waals surface area contributed by atoms with E-state index in [2.05, 4.69) is 15.6 Å². The Morgan fingerprint density at radius 3 is 2.90 bits per heavy atom. The number of aliphatic imine (C=N–C) groups is 1. The molecule has 20 heavy (non-hydrogen) atoms. The average Bonchev–Trinajstić information content (AvgIpc) is 2.50. The van der Waals surface area contributed by atoms with Gasteiger partial charge in [-0.3, -0.25) is 0 Å². The van der Waals surface area contributed by atoms with Crippen molar-refractivity contribution in [1.29, 1.82) is 0 Å². The van der Waals surface area contributed by atoms with Crippen molar-refractivity contribution in [1.82, 2.24) is 10.6 Å². The highest BCUT2D eigenvalue weighted by atomic mass is 16.6. The number of aliphatic hydroxyl groups is 1. The van der Waals surface area contributed by atoms with Crippen LogP contribution < -0.4 is 20.1 Å². The fourth-order valence-electron chi connectivity index (χ4n) is 1.86. The molecule has 1 unspecified atom stereocenters. The molecular weight excluding hydrogens is 258 g/mol. The number of hydrogen-bond acceptors (Lipinski definition) is 4. The lowest BCUT2D eigenvalue weighted by atomic mass is 10.2. The van der Waals surface area contributed by atoms with Crippen LogP contribution in [0.25, 0.3) is 0 Å². The first-order valence-electron chi connectivity index (χ1n) is 6.85. The van der Waals surface area contributed by atoms with E-state index in [-0.39, 0.29) is 12.7 Å². The van der Waals surface area contributed by atoms with Gasteiger partial charge < -0.3 is 25.2 Å². The second-order valence-corrected chi connectivity index (χ2v) is 4.37. The van der Waals surface area contributed by atoms with Gasteiger partial charge in [0.2, 0.25) is 0 Å². The Kier molecular flexibility index (Phi) is 5.49. The summed E-state index contributed by atoms with van der Waals surface area (Å²) < 4.78 is 11.5. The third-order valence-corrected chi connectivity index (χ3v) is 2.77. The summed E-state index contributed by atoms with van der Waals surface area (Å²) in [6, 6.07) is 7.62. The van der Waals surface area contributed by atoms with Gasteiger partial charge in [0.15, 0.2) is 23.6 Å². The van der Waals surface area contributed by atoms with Crippen molar-refractivity contribution >= 4 is 5.96 Å². The smallest absolute Gasteiger partial charge is 0.191 e. The van der Waals surface area contributed by atoms with Gasteiger partial charge in [0.25, 0.3) is 0 Å². The van der Waals surface area contributed by atoms with Gasteiger partial charge in [0, 0.05) is 13.1 Å². The summed E-state index contributed by atoms with van der Waals surface area (Å²) in [5.74, 6) is 2.20. The zero-order valence-corrected chi connectivity index (χ0v) is 11.6. The molecule has 1 heterocycles. The predicted octanol–water partition coefficient (Wildman–Crippen LogP) is 0.374. The van der Waals surface area contributed by atoms with E-state index in [9.17, 15) is 0 Å². The topological polar surface area (TPSA) is 75.1 Å². The first-order valence-corrected chi connectivity index (χ1v) is 6.85. The van der Waals surface area contributed by atoms with Gasteiger partial charge in [0.05, 0.1) is 13.2 Å². The van der Waals surface area contributed by atoms with Crippen molar-refractivity contribution in [2.75, 3.05) is 32.8 Å². The van der Waals surface area contributed by atoms with Crippen LogP contribution in [-0.4, -0.2) is 50.0 Å². The number of aliphatic hydroxyl groups excluding tert-OH is 1. The summed E-state index contributed by atoms with van der Waals surface area (Å²) in [5, 5.41) is 14.9. The number of nitrogens with zero attached hydrogens (tertiary/aromatic N) is 1. The molecule has 0 saturated heterocycles. The van der Waals surface area contributed by atoms with E-state index in [1.54, 1.807) is 0 Å². The SMILES string of the molecule is CCNC(=NCC1COc2ccccc2O1)NCCO. The lowest BCUT2D eigenvalue weighted by Gasteiger charge is -2.25. The molecule has 0 saturated carbocycles. The van der Waals surface area contributed by atoms with E-state index in [1.807, 2.05) is 31.2 Å². The maximum atomic E-state index is 8.82. The van der Waals surface area contributed by atoms with E-state index in [0.29, 0.717) is 25.7 Å². The highest BCUT2D eigenvalue weighted by Gasteiger charge is 2.20. The molecule has 110 valence electrons. The van der Waals surface area contributed by atoms with Gasteiger partial charge >= 0.3 is 0 Å². The molecule has 1 aromatic rings. The van der Waals surface area contributed by atoms with Crippen molar-refractivity contribution < 1.29 is 14.6 Å². The van der Waals surface area contributed by atoms with Crippen LogP contribution in [0.3, 0.4) is 0 Å². The van der Waals surface area contributed by atoms with Crippen LogP contribution >= 0.6 is 0 Å². The monoisotopic (exact) mass is 279 g/mol. The molecule has 2 rings (SSSR count). The number of guanidine groups is 1. The molecule has 0 aromatic heterocycles. The van der Waals surface area contributed by atoms with Gasteiger partial charge in [-0.2, -0.15) is 0 Å². The standard InChI is InChI=1S/C14H21N3O3/c1-2-15-14(16-7-8-18)17-9-11-10-19-12-5-3-4-6-13(12)20-11/h3-6,11,18H,2,7-10H2,1H3,(H2,15,16,17). The van der Waals surface area contributed by atoms with Crippen LogP contribution in [-0.2, 0) is 0 Å². The van der Waals surface area contributed by atoms with Gasteiger partial charge in [-0.25, -0.2) is 4.99 Å². The summed E-state index contributed by atoms with van der Waals surface area (Å²) in [7, 11) is 0. The first kappa shape index (κ1) is 14.5. The van der Waals surface area contributed by atoms with Crippen LogP contribution in [0, 0.1) is 0 Å². The molecule has 1 atom stereocenters. The molecular formula is C14H21N3O3. The average molecular weight is 279 g/mol. The predicted molar refractivity (Wildman–Crippen MR) is 77.4 cm³/mol. The third-order valence-electron chi connectivity index (χ3n) is 2.77. The Morgan fingerprint density at radius 2 is 2.15 bits per heavy atom. The zero-order valence-electron chi connectivity index (χ0n) is 11.6. The maximum Gasteiger partial charge on any atom is 0.191 e. The van der Waals surface area contributed by atoms with Crippen LogP contribution in [0.4, 0.5) is 0 Å². The minimum Gasteiger partial charge on any atom is -0.486 e. The highest BCUT2D eigenvalue weighted by molar-refractivity contribution is 5.79. The molecule has 1 aliphatic heterocycles. The number of ether oxygens (including phenoxy) is 2. The number of para-hydroxylation sites is 2. The molecule has 0 amide bonds. The van der Waals surface area contributed by atoms with Gasteiger partial charge in [-0.1, -0.05) is 12.1 Å². The van der Waals surface area contributed by atoms with E-state index in [4.69, 9.17) is 14.6 Å². The minimum atomic E-state index is -0.102. The van der Waals surface area contributed by atoms with Crippen LogP contribution in [0.1, 0.15) is 6.92 Å². The molecule has 0 spiro atoms. The fraction of sp³-hybridized carbons (Fsp3) is 0.500. The van der Waals surface area contributed by atoms with Crippen molar-refractivity contribution in [2.24, 2.45) is 4.99 Å². The van der Waals surface area contributed by atoms with E-state index in [1.165, 1.54) is 0 Å². The maximum absolute atomic E-state index is 8.82. The van der Waals surface area contributed by atoms with Crippen molar-refractivity contribution in [3.8, 4) is 11.5 Å². The summed E-state index contributed by atoms with van der Waals surface area (Å²) in [5.41, 5.74) is 0. The van der Waals surface area contributed by atoms with E-state index < -0.39 is 0 Å². The number of hydrogen-bond donors (Lipinski definition) is 3. The highest BCUT2D eigenvalue weighted by Crippen LogP contribution is 2.30. The molecule has 1 aromatic carbocycles. The molecule has 0 aliphatic carbocycles. The van der Waals surface area contributed by atoms with Crippen LogP contribution in [0.2, 0.25) is 0 Å². The second-order valence-electron chi connectivity index (χ2n) is 4.37. The number of benzene rings is 1. The largest absolute Gasteiger partial charge is 0.486 e. The van der Waals surface area contributed by atoms with E-state index in [0.717, 1.165) is 18.0 Å². The molecule has 0 radical (unpaired) electrons. The van der Waals surface area contributed by atoms with Crippen LogP contribution in [0.15, 0.2) is 29.3 Å². The fourth-order valence-corrected chi connectivity index (χ4v) is 1.86. The third kappa shape index (κ3) is 4.03. The summed E-state index contributed by atoms with van der Waals surface area (Å²) in [6.07, 6.45) is -0.102. The lowest BCUT2D eigenvalue weighted by molar-refractivity contribution is 0.0971. The van der Waals surface area contributed by atoms with Crippen molar-refractivity contribution in [3.63, 3.8) is 0 Å². The Hall–Kier alpha value is -1.95. The van der Waals surface area contributed by atoms with Crippen LogP contribution in [0.5, 0.6) is 11.5 Å². The molecule has 0 fully saturated rings. The van der Waals surface area contributed by atoms with Crippen molar-refractivity contribution in [3.05, 3.63) is 24.3 Å². The summed E-state index contributed by atoms with van der Waals surface area (Å²) >= 11 is 0. The summed E-state index contributed by atoms with van der Waals surface area (Å²) in [6.45, 7) is 4.28. The molecule has 6 heteroatoms. The lowest BCUT2D eigenvalue weighted by Crippen LogP contribution is -2.40. The minimum absolute atomic E-state index is 0.0703. The Labute approximate surface area is 118 Å². The normalized spacial score (nSPS) is 17.7. The Bertz CT molecular complexity index is 451. The van der Waals surface area contributed by atoms with Gasteiger partial charge in [-0.15, -0.1) is 0 Å². The second kappa shape index (κ2) is 7.59. The Morgan fingerprint density at radius 1 is 1.35 bits per heavy atom. The zero-order chi connectivity index (χ0) is 14.2. The van der Waals surface area contributed by atoms with Gasteiger partial charge in [-0.05, 0) is 19.1 Å². The van der Waals surface area contributed by atoms with E-state index >= 15 is 0 Å². The molecule has 3 N–H and O–H groups in total. The Balaban J connectivity index is 1.90. The summed E-state index contributed by atoms with van der Waals surface area (Å²) in [4.78, 5) is 4.43. The van der Waals surface area contributed by atoms with Gasteiger partial charge in [0.1, 0.15) is 6.61 Å².